The molecule has 0 unspecified atom stereocenters. The number of ether oxygens (including phenoxy) is 1. The van der Waals surface area contributed by atoms with Crippen molar-refractivity contribution >= 4 is 18.3 Å². The van der Waals surface area contributed by atoms with Gasteiger partial charge in [0.25, 0.3) is 0 Å². The minimum atomic E-state index is -1.83. The molecule has 14 heavy (non-hydrogen) atoms. The molecule has 0 saturated carbocycles. The first kappa shape index (κ1) is 17.9. The second kappa shape index (κ2) is 13.6. The molecular formula is C6H12O8. The molecule has 0 aromatic heterocycles. The van der Waals surface area contributed by atoms with E-state index in [1.54, 1.807) is 6.92 Å². The molecule has 0 fully saturated rings. The standard InChI is InChI=1S/C4H8O2.2CH2O3/c1-3-6-4(2)5;2*2-1(3)4/h3H2,1-2H3;2*(H2,2,3,4). The van der Waals surface area contributed by atoms with Crippen LogP contribution in [0.1, 0.15) is 13.8 Å². The van der Waals surface area contributed by atoms with E-state index in [0.717, 1.165) is 0 Å². The van der Waals surface area contributed by atoms with E-state index in [-0.39, 0.29) is 5.97 Å². The lowest BCUT2D eigenvalue weighted by Gasteiger charge is -1.89. The number of rotatable bonds is 1. The van der Waals surface area contributed by atoms with Crippen LogP contribution in [0.5, 0.6) is 0 Å². The van der Waals surface area contributed by atoms with Gasteiger partial charge in [-0.3, -0.25) is 4.79 Å². The summed E-state index contributed by atoms with van der Waals surface area (Å²) in [5.74, 6) is -0.211. The van der Waals surface area contributed by atoms with E-state index in [1.165, 1.54) is 6.92 Å². The van der Waals surface area contributed by atoms with Gasteiger partial charge in [-0.2, -0.15) is 0 Å². The summed E-state index contributed by atoms with van der Waals surface area (Å²) in [5, 5.41) is 27.9. The Kier molecular flexibility index (Phi) is 17.4. The highest BCUT2D eigenvalue weighted by Gasteiger charge is 1.81. The Bertz CT molecular complexity index is 155. The minimum Gasteiger partial charge on any atom is -0.466 e. The van der Waals surface area contributed by atoms with Crippen LogP contribution in [0.15, 0.2) is 0 Å². The molecule has 0 aliphatic carbocycles. The summed E-state index contributed by atoms with van der Waals surface area (Å²) in [6.45, 7) is 3.65. The maximum Gasteiger partial charge on any atom is 0.503 e. The SMILES string of the molecule is CCOC(C)=O.O=C(O)O.O=C(O)O. The van der Waals surface area contributed by atoms with Gasteiger partial charge in [0, 0.05) is 6.92 Å². The average molecular weight is 212 g/mol. The Hall–Kier alpha value is -1.99. The molecular weight excluding hydrogens is 200 g/mol. The van der Waals surface area contributed by atoms with E-state index in [1.807, 2.05) is 0 Å². The largest absolute Gasteiger partial charge is 0.503 e. The first-order valence-electron chi connectivity index (χ1n) is 3.21. The fourth-order valence-corrected chi connectivity index (χ4v) is 0.203. The van der Waals surface area contributed by atoms with Crippen molar-refractivity contribution in [2.24, 2.45) is 0 Å². The third-order valence-electron chi connectivity index (χ3n) is 0.348. The number of hydrogen-bond acceptors (Lipinski definition) is 4. The molecule has 0 radical (unpaired) electrons. The Morgan fingerprint density at radius 1 is 1.00 bits per heavy atom. The molecule has 0 bridgehead atoms. The third kappa shape index (κ3) is 797. The van der Waals surface area contributed by atoms with E-state index in [9.17, 15) is 4.79 Å². The van der Waals surface area contributed by atoms with Gasteiger partial charge in [-0.05, 0) is 6.92 Å². The Balaban J connectivity index is -0.000000135. The number of carboxylic acid groups (broad SMARTS) is 4. The first-order chi connectivity index (χ1) is 6.23. The highest BCUT2D eigenvalue weighted by atomic mass is 16.6. The number of carbonyl (C=O) groups is 3. The molecule has 0 aromatic carbocycles. The lowest BCUT2D eigenvalue weighted by atomic mass is 10.8. The van der Waals surface area contributed by atoms with Crippen LogP contribution in [-0.2, 0) is 9.53 Å². The lowest BCUT2D eigenvalue weighted by molar-refractivity contribution is -0.140. The van der Waals surface area contributed by atoms with Crippen molar-refractivity contribution in [3.8, 4) is 0 Å². The summed E-state index contributed by atoms with van der Waals surface area (Å²) in [6, 6.07) is 0. The van der Waals surface area contributed by atoms with E-state index in [2.05, 4.69) is 4.74 Å². The maximum absolute atomic E-state index is 9.82. The van der Waals surface area contributed by atoms with Crippen LogP contribution in [0.2, 0.25) is 0 Å². The number of esters is 1. The topological polar surface area (TPSA) is 141 Å². The highest BCUT2D eigenvalue weighted by molar-refractivity contribution is 5.65. The van der Waals surface area contributed by atoms with Gasteiger partial charge in [0.15, 0.2) is 0 Å². The summed E-state index contributed by atoms with van der Waals surface area (Å²) in [6.07, 6.45) is -3.67. The number of carbonyl (C=O) groups excluding carboxylic acids is 1. The molecule has 4 N–H and O–H groups in total. The predicted molar refractivity (Wildman–Crippen MR) is 43.6 cm³/mol. The molecule has 8 heteroatoms. The predicted octanol–water partition coefficient (Wildman–Crippen LogP) is 1.01. The summed E-state index contributed by atoms with van der Waals surface area (Å²) in [7, 11) is 0. The number of hydrogen-bond donors (Lipinski definition) is 4. The minimum absolute atomic E-state index is 0.211. The van der Waals surface area contributed by atoms with Crippen LogP contribution in [0.25, 0.3) is 0 Å². The first-order valence-corrected chi connectivity index (χ1v) is 3.21. The van der Waals surface area contributed by atoms with Crippen molar-refractivity contribution in [1.82, 2.24) is 0 Å². The Morgan fingerprint density at radius 2 is 1.21 bits per heavy atom. The van der Waals surface area contributed by atoms with Crippen molar-refractivity contribution in [2.45, 2.75) is 13.8 Å². The van der Waals surface area contributed by atoms with E-state index in [0.29, 0.717) is 6.61 Å². The van der Waals surface area contributed by atoms with Crippen LogP contribution in [0.3, 0.4) is 0 Å². The van der Waals surface area contributed by atoms with Gasteiger partial charge in [0.1, 0.15) is 0 Å². The van der Waals surface area contributed by atoms with E-state index >= 15 is 0 Å². The Morgan fingerprint density at radius 3 is 1.21 bits per heavy atom. The van der Waals surface area contributed by atoms with Crippen molar-refractivity contribution in [2.75, 3.05) is 6.61 Å². The molecule has 0 saturated heterocycles. The summed E-state index contributed by atoms with van der Waals surface area (Å²) < 4.78 is 4.40. The van der Waals surface area contributed by atoms with Gasteiger partial charge in [0.05, 0.1) is 6.61 Å². The van der Waals surface area contributed by atoms with Crippen LogP contribution in [0.4, 0.5) is 9.59 Å². The fraction of sp³-hybridized carbons (Fsp3) is 0.500. The third-order valence-corrected chi connectivity index (χ3v) is 0.348. The van der Waals surface area contributed by atoms with Crippen LogP contribution < -0.4 is 0 Å². The monoisotopic (exact) mass is 212 g/mol. The summed E-state index contributed by atoms with van der Waals surface area (Å²) in [5.41, 5.74) is 0. The van der Waals surface area contributed by atoms with Gasteiger partial charge < -0.3 is 25.2 Å². The van der Waals surface area contributed by atoms with Crippen molar-refractivity contribution in [3.05, 3.63) is 0 Å². The van der Waals surface area contributed by atoms with Gasteiger partial charge in [0.2, 0.25) is 0 Å². The Labute approximate surface area is 79.4 Å². The van der Waals surface area contributed by atoms with Gasteiger partial charge >= 0.3 is 18.3 Å². The summed E-state index contributed by atoms with van der Waals surface area (Å²) >= 11 is 0. The van der Waals surface area contributed by atoms with Crippen LogP contribution in [0, 0.1) is 0 Å². The zero-order valence-electron chi connectivity index (χ0n) is 7.63. The zero-order chi connectivity index (χ0) is 12.1. The smallest absolute Gasteiger partial charge is 0.466 e. The molecule has 84 valence electrons. The molecule has 0 aliphatic heterocycles. The van der Waals surface area contributed by atoms with Crippen LogP contribution >= 0.6 is 0 Å². The molecule has 0 aliphatic rings. The maximum atomic E-state index is 9.82. The van der Waals surface area contributed by atoms with Crippen molar-refractivity contribution in [1.29, 1.82) is 0 Å². The second-order valence-corrected chi connectivity index (χ2v) is 1.49. The molecule has 0 rings (SSSR count). The molecule has 0 atom stereocenters. The molecule has 0 spiro atoms. The van der Waals surface area contributed by atoms with Gasteiger partial charge in [-0.1, -0.05) is 0 Å². The van der Waals surface area contributed by atoms with Crippen molar-refractivity contribution < 1.29 is 39.5 Å². The normalized spacial score (nSPS) is 6.71. The second-order valence-electron chi connectivity index (χ2n) is 1.49. The molecule has 8 nitrogen and oxygen atoms in total. The van der Waals surface area contributed by atoms with Crippen LogP contribution in [-0.4, -0.2) is 45.3 Å². The molecule has 0 aromatic rings. The van der Waals surface area contributed by atoms with Gasteiger partial charge in [-0.15, -0.1) is 0 Å². The zero-order valence-corrected chi connectivity index (χ0v) is 7.63. The fourth-order valence-electron chi connectivity index (χ4n) is 0.203. The van der Waals surface area contributed by atoms with Gasteiger partial charge in [-0.25, -0.2) is 9.59 Å². The van der Waals surface area contributed by atoms with E-state index < -0.39 is 12.3 Å². The van der Waals surface area contributed by atoms with Crippen molar-refractivity contribution in [3.63, 3.8) is 0 Å². The molecule has 0 heterocycles. The highest BCUT2D eigenvalue weighted by Crippen LogP contribution is 1.69. The lowest BCUT2D eigenvalue weighted by Crippen LogP contribution is -1.95. The quantitative estimate of drug-likeness (QED) is 0.472. The molecule has 0 amide bonds. The average Bonchev–Trinajstić information content (AvgIpc) is 1.82. The summed E-state index contributed by atoms with van der Waals surface area (Å²) in [4.78, 5) is 26.9. The van der Waals surface area contributed by atoms with E-state index in [4.69, 9.17) is 30.0 Å².